The SMILES string of the molecule is CCNC1C(c2ccccc2)C(C(=O)CC)CCN1C[C@@H]1CN([C@@H](C(=O)O)C2CCCCC2)C[C@@H]1c1ccccc1. The number of benzene rings is 2. The zero-order valence-corrected chi connectivity index (χ0v) is 25.0. The summed E-state index contributed by atoms with van der Waals surface area (Å²) in [6.07, 6.45) is 7.05. The van der Waals surface area contributed by atoms with Gasteiger partial charge in [-0.3, -0.25) is 19.4 Å². The smallest absolute Gasteiger partial charge is 0.321 e. The molecule has 0 amide bonds. The van der Waals surface area contributed by atoms with E-state index in [2.05, 4.69) is 76.6 Å². The monoisotopic (exact) mass is 559 g/mol. The highest BCUT2D eigenvalue weighted by molar-refractivity contribution is 5.82. The Bertz CT molecular complexity index is 1120. The van der Waals surface area contributed by atoms with Gasteiger partial charge in [0.05, 0.1) is 6.17 Å². The van der Waals surface area contributed by atoms with Crippen LogP contribution >= 0.6 is 0 Å². The predicted molar refractivity (Wildman–Crippen MR) is 164 cm³/mol. The molecule has 1 saturated carbocycles. The van der Waals surface area contributed by atoms with E-state index in [4.69, 9.17) is 0 Å². The number of likely N-dealkylation sites (tertiary alicyclic amines) is 2. The van der Waals surface area contributed by atoms with Crippen LogP contribution in [0.4, 0.5) is 0 Å². The molecule has 0 radical (unpaired) electrons. The highest BCUT2D eigenvalue weighted by Gasteiger charge is 2.46. The van der Waals surface area contributed by atoms with Crippen LogP contribution in [0.15, 0.2) is 60.7 Å². The second-order valence-corrected chi connectivity index (χ2v) is 12.6. The van der Waals surface area contributed by atoms with E-state index in [1.165, 1.54) is 17.5 Å². The lowest BCUT2D eigenvalue weighted by atomic mass is 9.75. The first kappa shape index (κ1) is 29.9. The number of carboxylic acid groups (broad SMARTS) is 1. The molecule has 3 unspecified atom stereocenters. The Kier molecular flexibility index (Phi) is 10.3. The minimum Gasteiger partial charge on any atom is -0.480 e. The normalized spacial score (nSPS) is 28.9. The van der Waals surface area contributed by atoms with Gasteiger partial charge in [-0.1, -0.05) is 93.8 Å². The second-order valence-electron chi connectivity index (χ2n) is 12.6. The second kappa shape index (κ2) is 14.1. The summed E-state index contributed by atoms with van der Waals surface area (Å²) in [4.78, 5) is 30.8. The number of carbonyl (C=O) groups excluding carboxylic acids is 1. The Morgan fingerprint density at radius 2 is 1.56 bits per heavy atom. The summed E-state index contributed by atoms with van der Waals surface area (Å²) in [5.41, 5.74) is 2.54. The van der Waals surface area contributed by atoms with Crippen LogP contribution in [-0.4, -0.2) is 71.6 Å². The summed E-state index contributed by atoms with van der Waals surface area (Å²) < 4.78 is 0. The molecule has 0 spiro atoms. The molecule has 6 heteroatoms. The maximum absolute atomic E-state index is 13.2. The van der Waals surface area contributed by atoms with Crippen molar-refractivity contribution in [1.29, 1.82) is 0 Å². The zero-order valence-electron chi connectivity index (χ0n) is 25.0. The molecule has 2 heterocycles. The Hall–Kier alpha value is -2.54. The van der Waals surface area contributed by atoms with Crippen molar-refractivity contribution in [2.75, 3.05) is 32.7 Å². The summed E-state index contributed by atoms with van der Waals surface area (Å²) >= 11 is 0. The molecule has 41 heavy (non-hydrogen) atoms. The van der Waals surface area contributed by atoms with E-state index in [9.17, 15) is 14.7 Å². The lowest BCUT2D eigenvalue weighted by molar-refractivity contribution is -0.145. The Balaban J connectivity index is 1.44. The molecule has 0 bridgehead atoms. The van der Waals surface area contributed by atoms with Crippen molar-refractivity contribution in [3.8, 4) is 0 Å². The first-order valence-corrected chi connectivity index (χ1v) is 16.1. The molecular weight excluding hydrogens is 510 g/mol. The average molecular weight is 560 g/mol. The molecule has 0 aromatic heterocycles. The molecule has 6 nitrogen and oxygen atoms in total. The van der Waals surface area contributed by atoms with Gasteiger partial charge in [0.25, 0.3) is 0 Å². The lowest BCUT2D eigenvalue weighted by Crippen LogP contribution is -2.57. The number of rotatable bonds is 11. The van der Waals surface area contributed by atoms with Crippen molar-refractivity contribution in [2.45, 2.75) is 82.8 Å². The number of ketones is 1. The lowest BCUT2D eigenvalue weighted by Gasteiger charge is -2.47. The van der Waals surface area contributed by atoms with Gasteiger partial charge in [0, 0.05) is 50.4 Å². The summed E-state index contributed by atoms with van der Waals surface area (Å²) in [5.74, 6) is 0.650. The van der Waals surface area contributed by atoms with E-state index in [0.717, 1.165) is 64.8 Å². The quantitative estimate of drug-likeness (QED) is 0.365. The van der Waals surface area contributed by atoms with Crippen molar-refractivity contribution in [3.05, 3.63) is 71.8 Å². The maximum Gasteiger partial charge on any atom is 0.321 e. The van der Waals surface area contributed by atoms with Crippen LogP contribution in [0.5, 0.6) is 0 Å². The van der Waals surface area contributed by atoms with Crippen LogP contribution in [-0.2, 0) is 9.59 Å². The van der Waals surface area contributed by atoms with Crippen LogP contribution in [0.1, 0.15) is 81.8 Å². The van der Waals surface area contributed by atoms with E-state index in [1.54, 1.807) is 0 Å². The summed E-state index contributed by atoms with van der Waals surface area (Å²) in [6.45, 7) is 8.33. The molecule has 1 aliphatic carbocycles. The van der Waals surface area contributed by atoms with E-state index < -0.39 is 12.0 Å². The molecule has 2 N–H and O–H groups in total. The zero-order chi connectivity index (χ0) is 28.8. The minimum atomic E-state index is -0.655. The largest absolute Gasteiger partial charge is 0.480 e. The molecule has 2 aliphatic heterocycles. The molecule has 2 saturated heterocycles. The number of aliphatic carboxylic acids is 1. The Morgan fingerprint density at radius 3 is 2.17 bits per heavy atom. The highest BCUT2D eigenvalue weighted by atomic mass is 16.4. The van der Waals surface area contributed by atoms with Crippen LogP contribution in [0, 0.1) is 17.8 Å². The number of carboxylic acids is 1. The van der Waals surface area contributed by atoms with E-state index in [0.29, 0.717) is 18.1 Å². The molecule has 3 aliphatic rings. The molecule has 2 aromatic rings. The van der Waals surface area contributed by atoms with Gasteiger partial charge in [0.2, 0.25) is 0 Å². The number of nitrogens with one attached hydrogen (secondary N) is 1. The fraction of sp³-hybridized carbons (Fsp3) is 0.600. The van der Waals surface area contributed by atoms with Crippen LogP contribution in [0.2, 0.25) is 0 Å². The number of likely N-dealkylation sites (N-methyl/N-ethyl adjacent to an activating group) is 1. The van der Waals surface area contributed by atoms with Crippen molar-refractivity contribution >= 4 is 11.8 Å². The number of carbonyl (C=O) groups is 2. The first-order valence-electron chi connectivity index (χ1n) is 16.1. The molecule has 3 fully saturated rings. The average Bonchev–Trinajstić information content (AvgIpc) is 3.41. The topological polar surface area (TPSA) is 72.9 Å². The van der Waals surface area contributed by atoms with Gasteiger partial charge in [-0.25, -0.2) is 0 Å². The minimum absolute atomic E-state index is 0.00962. The van der Waals surface area contributed by atoms with Crippen molar-refractivity contribution in [3.63, 3.8) is 0 Å². The van der Waals surface area contributed by atoms with Crippen molar-refractivity contribution in [2.24, 2.45) is 17.8 Å². The third kappa shape index (κ3) is 6.76. The molecule has 2 aromatic carbocycles. The fourth-order valence-electron chi connectivity index (χ4n) is 8.26. The number of nitrogens with zero attached hydrogens (tertiary/aromatic N) is 2. The molecule has 222 valence electrons. The van der Waals surface area contributed by atoms with Gasteiger partial charge in [0.1, 0.15) is 11.8 Å². The van der Waals surface area contributed by atoms with Gasteiger partial charge in [0.15, 0.2) is 0 Å². The van der Waals surface area contributed by atoms with Crippen molar-refractivity contribution < 1.29 is 14.7 Å². The molecule has 5 rings (SSSR count). The molecule has 6 atom stereocenters. The fourth-order valence-corrected chi connectivity index (χ4v) is 8.26. The van der Waals surface area contributed by atoms with Gasteiger partial charge in [-0.2, -0.15) is 0 Å². The van der Waals surface area contributed by atoms with E-state index >= 15 is 0 Å². The van der Waals surface area contributed by atoms with Crippen LogP contribution < -0.4 is 5.32 Å². The standard InChI is InChI=1S/C35H49N3O3/c1-3-31(39)29-20-21-37(34(36-4-2)32(29)26-16-10-6-11-17-26)22-28-23-38(24-30(28)25-14-8-5-9-15-25)33(35(40)41)27-18-12-7-13-19-27/h5-6,8-11,14-17,27-30,32-34,36H,3-4,7,12-13,18-24H2,1-2H3,(H,40,41)/t28-,29?,30-,32?,33-,34?/m1/s1. The number of hydrogen-bond acceptors (Lipinski definition) is 5. The van der Waals surface area contributed by atoms with Gasteiger partial charge < -0.3 is 10.4 Å². The van der Waals surface area contributed by atoms with Crippen LogP contribution in [0.25, 0.3) is 0 Å². The third-order valence-corrected chi connectivity index (χ3v) is 10.2. The van der Waals surface area contributed by atoms with Gasteiger partial charge >= 0.3 is 5.97 Å². The predicted octanol–water partition coefficient (Wildman–Crippen LogP) is 5.76. The van der Waals surface area contributed by atoms with Crippen molar-refractivity contribution in [1.82, 2.24) is 15.1 Å². The van der Waals surface area contributed by atoms with Gasteiger partial charge in [-0.15, -0.1) is 0 Å². The summed E-state index contributed by atoms with van der Waals surface area (Å²) in [5, 5.41) is 14.2. The third-order valence-electron chi connectivity index (χ3n) is 10.2. The molecular formula is C35H49N3O3. The summed E-state index contributed by atoms with van der Waals surface area (Å²) in [6, 6.07) is 20.9. The number of piperidine rings is 1. The maximum atomic E-state index is 13.2. The van der Waals surface area contributed by atoms with E-state index in [1.807, 2.05) is 13.0 Å². The van der Waals surface area contributed by atoms with Crippen LogP contribution in [0.3, 0.4) is 0 Å². The first-order chi connectivity index (χ1) is 20.0. The summed E-state index contributed by atoms with van der Waals surface area (Å²) in [7, 11) is 0. The Morgan fingerprint density at radius 1 is 0.902 bits per heavy atom. The highest BCUT2D eigenvalue weighted by Crippen LogP contribution is 2.42. The number of hydrogen-bond donors (Lipinski definition) is 2. The Labute approximate surface area is 246 Å². The van der Waals surface area contributed by atoms with Gasteiger partial charge in [-0.05, 0) is 48.8 Å². The number of Topliss-reactive ketones (excluding diaryl/α,β-unsaturated/α-hetero) is 1. The van der Waals surface area contributed by atoms with E-state index in [-0.39, 0.29) is 29.8 Å².